The van der Waals surface area contributed by atoms with Gasteiger partial charge in [0.25, 0.3) is 0 Å². The third kappa shape index (κ3) is 2.77. The highest BCUT2D eigenvalue weighted by Gasteiger charge is 2.01. The van der Waals surface area contributed by atoms with Gasteiger partial charge in [-0.1, -0.05) is 24.3 Å². The van der Waals surface area contributed by atoms with Crippen LogP contribution in [0.25, 0.3) is 10.9 Å². The molecule has 0 amide bonds. The number of nitrogens with one attached hydrogen (secondary N) is 2. The zero-order chi connectivity index (χ0) is 12.9. The number of benzene rings is 1. The van der Waals surface area contributed by atoms with Gasteiger partial charge in [0.1, 0.15) is 12.2 Å². The molecule has 0 saturated heterocycles. The summed E-state index contributed by atoms with van der Waals surface area (Å²) in [5, 5.41) is 11.3. The van der Waals surface area contributed by atoms with Gasteiger partial charge >= 0.3 is 0 Å². The first-order valence-corrected chi connectivity index (χ1v) is 6.31. The van der Waals surface area contributed by atoms with Crippen LogP contribution in [0.5, 0.6) is 0 Å². The lowest BCUT2D eigenvalue weighted by Gasteiger charge is -2.06. The molecule has 0 radical (unpaired) electrons. The highest BCUT2D eigenvalue weighted by molar-refractivity contribution is 5.81. The third-order valence-electron chi connectivity index (χ3n) is 3.04. The van der Waals surface area contributed by atoms with Crippen LogP contribution in [0.1, 0.15) is 11.4 Å². The second-order valence-corrected chi connectivity index (χ2v) is 4.35. The molecule has 96 valence electrons. The lowest BCUT2D eigenvalue weighted by Crippen LogP contribution is -2.17. The van der Waals surface area contributed by atoms with E-state index in [0.717, 1.165) is 30.9 Å². The number of rotatable bonds is 5. The van der Waals surface area contributed by atoms with Crippen LogP contribution in [0.15, 0.2) is 42.9 Å². The SMILES string of the molecule is c1cnc2c(CNCCc3ncn[nH]3)cccc2c1. The van der Waals surface area contributed by atoms with E-state index in [1.807, 2.05) is 12.3 Å². The van der Waals surface area contributed by atoms with Crippen molar-refractivity contribution in [3.8, 4) is 0 Å². The van der Waals surface area contributed by atoms with Crippen molar-refractivity contribution in [2.45, 2.75) is 13.0 Å². The average molecular weight is 253 g/mol. The van der Waals surface area contributed by atoms with Crippen molar-refractivity contribution in [1.82, 2.24) is 25.5 Å². The van der Waals surface area contributed by atoms with E-state index in [2.05, 4.69) is 49.7 Å². The van der Waals surface area contributed by atoms with Crippen LogP contribution in [0.2, 0.25) is 0 Å². The Morgan fingerprint density at radius 1 is 1.11 bits per heavy atom. The minimum atomic E-state index is 0.808. The van der Waals surface area contributed by atoms with Gasteiger partial charge in [0.05, 0.1) is 5.52 Å². The zero-order valence-corrected chi connectivity index (χ0v) is 10.5. The molecule has 19 heavy (non-hydrogen) atoms. The molecule has 2 aromatic heterocycles. The van der Waals surface area contributed by atoms with Crippen molar-refractivity contribution in [3.05, 3.63) is 54.2 Å². The number of hydrogen-bond donors (Lipinski definition) is 2. The third-order valence-corrected chi connectivity index (χ3v) is 3.04. The van der Waals surface area contributed by atoms with Crippen molar-refractivity contribution in [3.63, 3.8) is 0 Å². The Hall–Kier alpha value is -2.27. The van der Waals surface area contributed by atoms with Gasteiger partial charge in [0.15, 0.2) is 0 Å². The molecular weight excluding hydrogens is 238 g/mol. The lowest BCUT2D eigenvalue weighted by molar-refractivity contribution is 0.673. The summed E-state index contributed by atoms with van der Waals surface area (Å²) in [6.07, 6.45) is 4.21. The van der Waals surface area contributed by atoms with Gasteiger partial charge in [-0.2, -0.15) is 5.10 Å². The molecule has 0 saturated carbocycles. The van der Waals surface area contributed by atoms with E-state index >= 15 is 0 Å². The summed E-state index contributed by atoms with van der Waals surface area (Å²) in [6.45, 7) is 1.67. The first-order chi connectivity index (χ1) is 9.43. The first-order valence-electron chi connectivity index (χ1n) is 6.31. The number of para-hydroxylation sites is 1. The molecule has 3 rings (SSSR count). The van der Waals surface area contributed by atoms with E-state index in [4.69, 9.17) is 0 Å². The van der Waals surface area contributed by atoms with Crippen LogP contribution in [-0.2, 0) is 13.0 Å². The molecule has 0 bridgehead atoms. The summed E-state index contributed by atoms with van der Waals surface area (Å²) in [7, 11) is 0. The van der Waals surface area contributed by atoms with Crippen molar-refractivity contribution < 1.29 is 0 Å². The average Bonchev–Trinajstić information content (AvgIpc) is 2.97. The molecule has 0 fully saturated rings. The van der Waals surface area contributed by atoms with Crippen molar-refractivity contribution in [2.75, 3.05) is 6.54 Å². The van der Waals surface area contributed by atoms with Crippen LogP contribution in [-0.4, -0.2) is 26.7 Å². The van der Waals surface area contributed by atoms with Crippen LogP contribution in [0.3, 0.4) is 0 Å². The van der Waals surface area contributed by atoms with Crippen LogP contribution in [0.4, 0.5) is 0 Å². The maximum Gasteiger partial charge on any atom is 0.137 e. The van der Waals surface area contributed by atoms with E-state index in [0.29, 0.717) is 0 Å². The Balaban J connectivity index is 1.62. The molecule has 0 unspecified atom stereocenters. The molecule has 2 N–H and O–H groups in total. The number of hydrogen-bond acceptors (Lipinski definition) is 4. The molecule has 0 aliphatic heterocycles. The molecule has 1 aromatic carbocycles. The van der Waals surface area contributed by atoms with Gasteiger partial charge in [0, 0.05) is 31.1 Å². The summed E-state index contributed by atoms with van der Waals surface area (Å²) < 4.78 is 0. The molecule has 0 spiro atoms. The Morgan fingerprint density at radius 2 is 2.05 bits per heavy atom. The minimum absolute atomic E-state index is 0.808. The largest absolute Gasteiger partial charge is 0.312 e. The summed E-state index contributed by atoms with van der Waals surface area (Å²) in [5.41, 5.74) is 2.29. The highest BCUT2D eigenvalue weighted by atomic mass is 15.2. The number of aromatic nitrogens is 4. The number of pyridine rings is 1. The Labute approximate surface area is 111 Å². The second kappa shape index (κ2) is 5.58. The number of nitrogens with zero attached hydrogens (tertiary/aromatic N) is 3. The number of fused-ring (bicyclic) bond motifs is 1. The molecule has 0 aliphatic carbocycles. The van der Waals surface area contributed by atoms with Gasteiger partial charge in [-0.25, -0.2) is 4.98 Å². The van der Waals surface area contributed by atoms with Crippen LogP contribution < -0.4 is 5.32 Å². The zero-order valence-electron chi connectivity index (χ0n) is 10.5. The number of H-pyrrole nitrogens is 1. The summed E-state index contributed by atoms with van der Waals surface area (Å²) in [5.74, 6) is 0.906. The lowest BCUT2D eigenvalue weighted by atomic mass is 10.1. The molecule has 2 heterocycles. The van der Waals surface area contributed by atoms with E-state index < -0.39 is 0 Å². The fourth-order valence-corrected chi connectivity index (χ4v) is 2.09. The smallest absolute Gasteiger partial charge is 0.137 e. The van der Waals surface area contributed by atoms with E-state index in [1.165, 1.54) is 17.3 Å². The van der Waals surface area contributed by atoms with Gasteiger partial charge in [-0.05, 0) is 11.6 Å². The predicted octanol–water partition coefficient (Wildman–Crippen LogP) is 1.69. The molecule has 5 heteroatoms. The van der Waals surface area contributed by atoms with Crippen molar-refractivity contribution in [2.24, 2.45) is 0 Å². The fraction of sp³-hybridized carbons (Fsp3) is 0.214. The summed E-state index contributed by atoms with van der Waals surface area (Å²) in [6, 6.07) is 10.3. The van der Waals surface area contributed by atoms with Gasteiger partial charge in [-0.15, -0.1) is 0 Å². The van der Waals surface area contributed by atoms with Gasteiger partial charge in [0.2, 0.25) is 0 Å². The quantitative estimate of drug-likeness (QED) is 0.679. The minimum Gasteiger partial charge on any atom is -0.312 e. The molecule has 3 aromatic rings. The Bertz CT molecular complexity index is 643. The van der Waals surface area contributed by atoms with Crippen LogP contribution >= 0.6 is 0 Å². The topological polar surface area (TPSA) is 66.5 Å². The van der Waals surface area contributed by atoms with E-state index in [9.17, 15) is 0 Å². The maximum atomic E-state index is 4.44. The fourth-order valence-electron chi connectivity index (χ4n) is 2.09. The van der Waals surface area contributed by atoms with E-state index in [1.54, 1.807) is 0 Å². The van der Waals surface area contributed by atoms with Crippen LogP contribution in [0, 0.1) is 0 Å². The first kappa shape index (κ1) is 11.8. The van der Waals surface area contributed by atoms with Crippen molar-refractivity contribution in [1.29, 1.82) is 0 Å². The predicted molar refractivity (Wildman–Crippen MR) is 73.5 cm³/mol. The van der Waals surface area contributed by atoms with Crippen molar-refractivity contribution >= 4 is 10.9 Å². The Kier molecular flexibility index (Phi) is 3.47. The van der Waals surface area contributed by atoms with E-state index in [-0.39, 0.29) is 0 Å². The monoisotopic (exact) mass is 253 g/mol. The maximum absolute atomic E-state index is 4.44. The highest BCUT2D eigenvalue weighted by Crippen LogP contribution is 2.15. The molecule has 0 atom stereocenters. The van der Waals surface area contributed by atoms with Gasteiger partial charge in [-0.3, -0.25) is 10.1 Å². The summed E-state index contributed by atoms with van der Waals surface area (Å²) in [4.78, 5) is 8.53. The Morgan fingerprint density at radius 3 is 2.95 bits per heavy atom. The number of aromatic amines is 1. The summed E-state index contributed by atoms with van der Waals surface area (Å²) >= 11 is 0. The molecule has 5 nitrogen and oxygen atoms in total. The van der Waals surface area contributed by atoms with Gasteiger partial charge < -0.3 is 5.32 Å². The normalized spacial score (nSPS) is 10.9. The second-order valence-electron chi connectivity index (χ2n) is 4.35. The standard InChI is InChI=1S/C14H15N5/c1-3-11-5-2-7-16-14(11)12(4-1)9-15-8-6-13-17-10-18-19-13/h1-5,7,10,15H,6,8-9H2,(H,17,18,19). The molecule has 0 aliphatic rings. The molecular formula is C14H15N5.